The molecule has 15 heavy (non-hydrogen) atoms. The average molecular weight is 204 g/mol. The molecule has 1 aromatic rings. The Bertz CT molecular complexity index is 399. The summed E-state index contributed by atoms with van der Waals surface area (Å²) >= 11 is 0. The second-order valence-electron chi connectivity index (χ2n) is 3.07. The lowest BCUT2D eigenvalue weighted by atomic mass is 10.0. The molecule has 0 aliphatic heterocycles. The van der Waals surface area contributed by atoms with Crippen LogP contribution >= 0.6 is 0 Å². The van der Waals surface area contributed by atoms with E-state index in [4.69, 9.17) is 10.2 Å². The first-order valence-corrected chi connectivity index (χ1v) is 4.46. The van der Waals surface area contributed by atoms with E-state index >= 15 is 0 Å². The summed E-state index contributed by atoms with van der Waals surface area (Å²) in [6.07, 6.45) is 3.77. The molecule has 0 bridgehead atoms. The van der Waals surface area contributed by atoms with E-state index in [2.05, 4.69) is 0 Å². The second-order valence-corrected chi connectivity index (χ2v) is 3.07. The summed E-state index contributed by atoms with van der Waals surface area (Å²) in [6.45, 7) is 1.66. The van der Waals surface area contributed by atoms with E-state index in [0.717, 1.165) is 6.26 Å². The number of carbonyl (C=O) groups is 1. The van der Waals surface area contributed by atoms with Gasteiger partial charge < -0.3 is 10.2 Å². The van der Waals surface area contributed by atoms with Gasteiger partial charge in [-0.3, -0.25) is 4.79 Å². The van der Waals surface area contributed by atoms with Crippen LogP contribution in [0.4, 0.5) is 0 Å². The number of Topliss-reactive ketones (excluding diaryl/α,β-unsaturated/α-hetero) is 1. The summed E-state index contributed by atoms with van der Waals surface area (Å²) in [5.41, 5.74) is 1.03. The van der Waals surface area contributed by atoms with Gasteiger partial charge in [0.2, 0.25) is 0 Å². The summed E-state index contributed by atoms with van der Waals surface area (Å²) in [4.78, 5) is 11.7. The topological polar surface area (TPSA) is 57.5 Å². The van der Waals surface area contributed by atoms with E-state index in [0.29, 0.717) is 11.1 Å². The molecular weight excluding hydrogens is 192 g/mol. The van der Waals surface area contributed by atoms with Crippen LogP contribution < -0.4 is 0 Å². The number of rotatable bonds is 3. The number of hydrogen-bond donors (Lipinski definition) is 2. The zero-order chi connectivity index (χ0) is 11.3. The molecule has 3 nitrogen and oxygen atoms in total. The van der Waals surface area contributed by atoms with Crippen molar-refractivity contribution in [3.63, 3.8) is 0 Å². The molecule has 2 N–H and O–H groups in total. The summed E-state index contributed by atoms with van der Waals surface area (Å²) in [7, 11) is 0. The van der Waals surface area contributed by atoms with Gasteiger partial charge in [-0.05, 0) is 42.8 Å². The number of aliphatic hydroxyl groups is 1. The minimum absolute atomic E-state index is 0.128. The molecule has 0 saturated heterocycles. The van der Waals surface area contributed by atoms with Crippen LogP contribution in [0.1, 0.15) is 17.3 Å². The third-order valence-corrected chi connectivity index (χ3v) is 1.92. The predicted octanol–water partition coefficient (Wildman–Crippen LogP) is 2.59. The number of hydrogen-bond acceptors (Lipinski definition) is 3. The summed E-state index contributed by atoms with van der Waals surface area (Å²) in [5, 5.41) is 17.5. The van der Waals surface area contributed by atoms with Gasteiger partial charge >= 0.3 is 0 Å². The molecule has 0 amide bonds. The van der Waals surface area contributed by atoms with Crippen LogP contribution in [0.2, 0.25) is 0 Å². The Morgan fingerprint density at radius 1 is 1.27 bits per heavy atom. The fourth-order valence-corrected chi connectivity index (χ4v) is 1.10. The Labute approximate surface area is 88.0 Å². The van der Waals surface area contributed by atoms with Crippen molar-refractivity contribution in [2.75, 3.05) is 0 Å². The zero-order valence-corrected chi connectivity index (χ0v) is 8.34. The van der Waals surface area contributed by atoms with Crippen molar-refractivity contribution >= 4 is 5.78 Å². The maximum Gasteiger partial charge on any atom is 0.188 e. The van der Waals surface area contributed by atoms with Gasteiger partial charge in [-0.1, -0.05) is 6.08 Å². The number of phenolic OH excluding ortho intramolecular Hbond substituents is 1. The molecular formula is C12H12O3. The monoisotopic (exact) mass is 204 g/mol. The molecule has 0 saturated carbocycles. The summed E-state index contributed by atoms with van der Waals surface area (Å²) < 4.78 is 0. The summed E-state index contributed by atoms with van der Waals surface area (Å²) in [6, 6.07) is 6.03. The molecule has 0 heterocycles. The standard InChI is InChI=1S/C12H12O3/c1-9(3-2-8-13)12(15)10-4-6-11(14)7-5-10/h2-8,13-14H,1H3/b8-2+,9-3+. The van der Waals surface area contributed by atoms with Crippen molar-refractivity contribution in [1.29, 1.82) is 0 Å². The van der Waals surface area contributed by atoms with Crippen LogP contribution in [0.5, 0.6) is 5.75 Å². The lowest BCUT2D eigenvalue weighted by Crippen LogP contribution is -1.99. The van der Waals surface area contributed by atoms with Crippen molar-refractivity contribution < 1.29 is 15.0 Å². The normalized spacial score (nSPS) is 11.9. The van der Waals surface area contributed by atoms with Gasteiger partial charge in [0.15, 0.2) is 5.78 Å². The molecule has 0 spiro atoms. The fourth-order valence-electron chi connectivity index (χ4n) is 1.10. The first-order valence-electron chi connectivity index (χ1n) is 4.46. The van der Waals surface area contributed by atoms with Crippen LogP contribution in [0, 0.1) is 0 Å². The average Bonchev–Trinajstić information content (AvgIpc) is 2.26. The van der Waals surface area contributed by atoms with Gasteiger partial charge in [-0.2, -0.15) is 0 Å². The molecule has 78 valence electrons. The van der Waals surface area contributed by atoms with Gasteiger partial charge in [-0.25, -0.2) is 0 Å². The second kappa shape index (κ2) is 5.00. The van der Waals surface area contributed by atoms with Gasteiger partial charge in [0.1, 0.15) is 5.75 Å². The number of phenols is 1. The first kappa shape index (κ1) is 11.0. The van der Waals surface area contributed by atoms with Crippen LogP contribution in [0.3, 0.4) is 0 Å². The third kappa shape index (κ3) is 2.98. The molecule has 0 fully saturated rings. The van der Waals surface area contributed by atoms with E-state index in [1.54, 1.807) is 19.1 Å². The molecule has 0 aliphatic rings. The lowest BCUT2D eigenvalue weighted by Gasteiger charge is -2.00. The van der Waals surface area contributed by atoms with E-state index in [-0.39, 0.29) is 11.5 Å². The van der Waals surface area contributed by atoms with Gasteiger partial charge in [0.25, 0.3) is 0 Å². The Balaban J connectivity index is 2.90. The van der Waals surface area contributed by atoms with Crippen molar-refractivity contribution in [2.45, 2.75) is 6.92 Å². The number of aliphatic hydroxyl groups excluding tert-OH is 1. The van der Waals surface area contributed by atoms with Gasteiger partial charge in [0.05, 0.1) is 6.26 Å². The minimum Gasteiger partial charge on any atom is -0.516 e. The van der Waals surface area contributed by atoms with E-state index in [1.807, 2.05) is 0 Å². The van der Waals surface area contributed by atoms with Crippen molar-refractivity contribution in [3.05, 3.63) is 53.8 Å². The third-order valence-electron chi connectivity index (χ3n) is 1.92. The maximum atomic E-state index is 11.7. The largest absolute Gasteiger partial charge is 0.516 e. The van der Waals surface area contributed by atoms with Crippen molar-refractivity contribution in [1.82, 2.24) is 0 Å². The molecule has 0 atom stereocenters. The number of carbonyl (C=O) groups excluding carboxylic acids is 1. The summed E-state index contributed by atoms with van der Waals surface area (Å²) in [5.74, 6) is -0.00321. The number of aromatic hydroxyl groups is 1. The van der Waals surface area contributed by atoms with E-state index in [1.165, 1.54) is 24.3 Å². The van der Waals surface area contributed by atoms with Crippen molar-refractivity contribution in [2.24, 2.45) is 0 Å². The molecule has 0 unspecified atom stereocenters. The van der Waals surface area contributed by atoms with Crippen molar-refractivity contribution in [3.8, 4) is 5.75 Å². The molecule has 0 radical (unpaired) electrons. The SMILES string of the molecule is C/C(=C\C=C\O)C(=O)c1ccc(O)cc1. The lowest BCUT2D eigenvalue weighted by molar-refractivity contribution is 0.103. The molecule has 1 rings (SSSR count). The molecule has 3 heteroatoms. The Morgan fingerprint density at radius 3 is 2.40 bits per heavy atom. The highest BCUT2D eigenvalue weighted by Crippen LogP contribution is 2.13. The maximum absolute atomic E-state index is 11.7. The first-order chi connectivity index (χ1) is 7.15. The zero-order valence-electron chi connectivity index (χ0n) is 8.34. The number of ketones is 1. The van der Waals surface area contributed by atoms with Crippen LogP contribution in [-0.2, 0) is 0 Å². The van der Waals surface area contributed by atoms with Gasteiger partial charge in [-0.15, -0.1) is 0 Å². The minimum atomic E-state index is -0.131. The molecule has 1 aromatic carbocycles. The molecule has 0 aromatic heterocycles. The highest BCUT2D eigenvalue weighted by Gasteiger charge is 2.06. The highest BCUT2D eigenvalue weighted by atomic mass is 16.3. The number of benzene rings is 1. The van der Waals surface area contributed by atoms with E-state index in [9.17, 15) is 4.79 Å². The van der Waals surface area contributed by atoms with Crippen LogP contribution in [0.25, 0.3) is 0 Å². The van der Waals surface area contributed by atoms with E-state index < -0.39 is 0 Å². The quantitative estimate of drug-likeness (QED) is 0.344. The smallest absolute Gasteiger partial charge is 0.188 e. The predicted molar refractivity (Wildman–Crippen MR) is 58.0 cm³/mol. The fraction of sp³-hybridized carbons (Fsp3) is 0.0833. The Hall–Kier alpha value is -2.03. The molecule has 0 aliphatic carbocycles. The van der Waals surface area contributed by atoms with Gasteiger partial charge in [0, 0.05) is 5.56 Å². The number of allylic oxidation sites excluding steroid dienone is 3. The van der Waals surface area contributed by atoms with Crippen LogP contribution in [0.15, 0.2) is 48.3 Å². The Kier molecular flexibility index (Phi) is 3.68. The van der Waals surface area contributed by atoms with Crippen LogP contribution in [-0.4, -0.2) is 16.0 Å². The Morgan fingerprint density at radius 2 is 1.87 bits per heavy atom. The highest BCUT2D eigenvalue weighted by molar-refractivity contribution is 6.08.